The van der Waals surface area contributed by atoms with Crippen molar-refractivity contribution in [1.29, 1.82) is 0 Å². The first-order valence-corrected chi connectivity index (χ1v) is 8.60. The third-order valence-corrected chi connectivity index (χ3v) is 4.10. The van der Waals surface area contributed by atoms with Gasteiger partial charge in [0.25, 0.3) is 5.91 Å². The Labute approximate surface area is 144 Å². The van der Waals surface area contributed by atoms with E-state index in [-0.39, 0.29) is 5.91 Å². The maximum atomic E-state index is 12.5. The Hall–Kier alpha value is -2.36. The summed E-state index contributed by atoms with van der Waals surface area (Å²) in [6.07, 6.45) is 4.07. The molecule has 1 amide bonds. The van der Waals surface area contributed by atoms with E-state index in [9.17, 15) is 4.79 Å². The number of nitrogens with one attached hydrogen (secondary N) is 1. The molecule has 0 saturated heterocycles. The first-order chi connectivity index (χ1) is 11.5. The SMILES string of the molecule is CCCCN(C)c1ccc(C(=O)Nc2ccccc2C(C)C)nc1. The van der Waals surface area contributed by atoms with Gasteiger partial charge in [0.1, 0.15) is 5.69 Å². The molecule has 0 radical (unpaired) electrons. The molecule has 4 nitrogen and oxygen atoms in total. The predicted molar refractivity (Wildman–Crippen MR) is 101 cm³/mol. The maximum Gasteiger partial charge on any atom is 0.274 e. The van der Waals surface area contributed by atoms with Crippen LogP contribution in [-0.4, -0.2) is 24.5 Å². The number of hydrogen-bond acceptors (Lipinski definition) is 3. The summed E-state index contributed by atoms with van der Waals surface area (Å²) in [4.78, 5) is 18.9. The standard InChI is InChI=1S/C20H27N3O/c1-5-6-13-23(4)16-11-12-19(21-14-16)20(24)22-18-10-8-7-9-17(18)15(2)3/h7-12,14-15H,5-6,13H2,1-4H3,(H,22,24). The van der Waals surface area contributed by atoms with E-state index < -0.39 is 0 Å². The first kappa shape index (κ1) is 18.0. The Morgan fingerprint density at radius 3 is 2.58 bits per heavy atom. The lowest BCUT2D eigenvalue weighted by molar-refractivity contribution is 0.102. The van der Waals surface area contributed by atoms with Crippen LogP contribution in [-0.2, 0) is 0 Å². The molecule has 0 fully saturated rings. The lowest BCUT2D eigenvalue weighted by Crippen LogP contribution is -2.19. The highest BCUT2D eigenvalue weighted by molar-refractivity contribution is 6.03. The van der Waals surface area contributed by atoms with Crippen LogP contribution in [0.5, 0.6) is 0 Å². The van der Waals surface area contributed by atoms with E-state index in [2.05, 4.69) is 36.0 Å². The molecular weight excluding hydrogens is 298 g/mol. The Balaban J connectivity index is 2.08. The van der Waals surface area contributed by atoms with E-state index in [0.717, 1.165) is 36.3 Å². The lowest BCUT2D eigenvalue weighted by atomic mass is 10.0. The van der Waals surface area contributed by atoms with Crippen molar-refractivity contribution < 1.29 is 4.79 Å². The highest BCUT2D eigenvalue weighted by Gasteiger charge is 2.12. The summed E-state index contributed by atoms with van der Waals surface area (Å²) >= 11 is 0. The van der Waals surface area contributed by atoms with Crippen molar-refractivity contribution in [3.63, 3.8) is 0 Å². The molecule has 1 N–H and O–H groups in total. The molecule has 0 atom stereocenters. The molecular formula is C20H27N3O. The molecule has 1 aromatic heterocycles. The number of carbonyl (C=O) groups excluding carboxylic acids is 1. The number of para-hydroxylation sites is 1. The van der Waals surface area contributed by atoms with Gasteiger partial charge in [-0.2, -0.15) is 0 Å². The number of aromatic nitrogens is 1. The molecule has 0 spiro atoms. The van der Waals surface area contributed by atoms with Crippen LogP contribution in [0, 0.1) is 0 Å². The zero-order chi connectivity index (χ0) is 17.5. The molecule has 0 bridgehead atoms. The van der Waals surface area contributed by atoms with Crippen LogP contribution in [0.1, 0.15) is 55.6 Å². The molecule has 1 heterocycles. The molecule has 0 aliphatic heterocycles. The normalized spacial score (nSPS) is 10.7. The van der Waals surface area contributed by atoms with Gasteiger partial charge >= 0.3 is 0 Å². The van der Waals surface area contributed by atoms with Crippen LogP contribution in [0.15, 0.2) is 42.6 Å². The second-order valence-corrected chi connectivity index (χ2v) is 6.37. The number of rotatable bonds is 7. The Morgan fingerprint density at radius 1 is 1.21 bits per heavy atom. The van der Waals surface area contributed by atoms with Gasteiger partial charge in [0.2, 0.25) is 0 Å². The Kier molecular flexibility index (Phi) is 6.36. The number of hydrogen-bond donors (Lipinski definition) is 1. The molecule has 2 rings (SSSR count). The van der Waals surface area contributed by atoms with Crippen molar-refractivity contribution in [2.45, 2.75) is 39.5 Å². The second-order valence-electron chi connectivity index (χ2n) is 6.37. The van der Waals surface area contributed by atoms with Crippen molar-refractivity contribution in [3.05, 3.63) is 53.9 Å². The van der Waals surface area contributed by atoms with E-state index in [0.29, 0.717) is 11.6 Å². The largest absolute Gasteiger partial charge is 0.373 e. The molecule has 128 valence electrons. The van der Waals surface area contributed by atoms with Crippen LogP contribution in [0.25, 0.3) is 0 Å². The minimum Gasteiger partial charge on any atom is -0.373 e. The van der Waals surface area contributed by atoms with Crippen LogP contribution in [0.4, 0.5) is 11.4 Å². The molecule has 4 heteroatoms. The average molecular weight is 325 g/mol. The summed E-state index contributed by atoms with van der Waals surface area (Å²) in [6, 6.07) is 11.6. The summed E-state index contributed by atoms with van der Waals surface area (Å²) in [5.41, 5.74) is 3.44. The van der Waals surface area contributed by atoms with E-state index in [4.69, 9.17) is 0 Å². The number of unbranched alkanes of at least 4 members (excludes halogenated alkanes) is 1. The summed E-state index contributed by atoms with van der Waals surface area (Å²) in [5.74, 6) is 0.176. The fourth-order valence-corrected chi connectivity index (χ4v) is 2.57. The van der Waals surface area contributed by atoms with Gasteiger partial charge in [-0.05, 0) is 36.1 Å². The number of pyridine rings is 1. The fraction of sp³-hybridized carbons (Fsp3) is 0.400. The molecule has 0 aliphatic rings. The molecule has 1 aromatic carbocycles. The van der Waals surface area contributed by atoms with E-state index >= 15 is 0 Å². The Morgan fingerprint density at radius 2 is 1.96 bits per heavy atom. The third kappa shape index (κ3) is 4.57. The van der Waals surface area contributed by atoms with Gasteiger partial charge in [0.15, 0.2) is 0 Å². The topological polar surface area (TPSA) is 45.2 Å². The number of carbonyl (C=O) groups is 1. The minimum absolute atomic E-state index is 0.175. The maximum absolute atomic E-state index is 12.5. The fourth-order valence-electron chi connectivity index (χ4n) is 2.57. The van der Waals surface area contributed by atoms with E-state index in [1.165, 1.54) is 0 Å². The minimum atomic E-state index is -0.175. The lowest BCUT2D eigenvalue weighted by Gasteiger charge is -2.18. The monoisotopic (exact) mass is 325 g/mol. The van der Waals surface area contributed by atoms with Gasteiger partial charge < -0.3 is 10.2 Å². The van der Waals surface area contributed by atoms with Gasteiger partial charge in [0.05, 0.1) is 11.9 Å². The first-order valence-electron chi connectivity index (χ1n) is 8.60. The Bertz CT molecular complexity index is 665. The molecule has 0 unspecified atom stereocenters. The third-order valence-electron chi connectivity index (χ3n) is 4.10. The zero-order valence-electron chi connectivity index (χ0n) is 15.0. The summed E-state index contributed by atoms with van der Waals surface area (Å²) < 4.78 is 0. The van der Waals surface area contributed by atoms with Gasteiger partial charge in [-0.15, -0.1) is 0 Å². The number of benzene rings is 1. The molecule has 0 aliphatic carbocycles. The van der Waals surface area contributed by atoms with Crippen molar-refractivity contribution in [2.75, 3.05) is 23.8 Å². The van der Waals surface area contributed by atoms with Gasteiger partial charge in [-0.25, -0.2) is 4.98 Å². The van der Waals surface area contributed by atoms with Crippen LogP contribution >= 0.6 is 0 Å². The van der Waals surface area contributed by atoms with Crippen LogP contribution in [0.2, 0.25) is 0 Å². The zero-order valence-corrected chi connectivity index (χ0v) is 15.0. The van der Waals surface area contributed by atoms with Gasteiger partial charge in [0, 0.05) is 19.3 Å². The van der Waals surface area contributed by atoms with Gasteiger partial charge in [-0.1, -0.05) is 45.4 Å². The summed E-state index contributed by atoms with van der Waals surface area (Å²) in [7, 11) is 2.05. The van der Waals surface area contributed by atoms with Crippen LogP contribution < -0.4 is 10.2 Å². The highest BCUT2D eigenvalue weighted by Crippen LogP contribution is 2.24. The van der Waals surface area contributed by atoms with E-state index in [1.807, 2.05) is 37.4 Å². The van der Waals surface area contributed by atoms with Gasteiger partial charge in [-0.3, -0.25) is 4.79 Å². The molecule has 2 aromatic rings. The van der Waals surface area contributed by atoms with Crippen molar-refractivity contribution in [2.24, 2.45) is 0 Å². The van der Waals surface area contributed by atoms with Crippen LogP contribution in [0.3, 0.4) is 0 Å². The summed E-state index contributed by atoms with van der Waals surface area (Å²) in [5, 5.41) is 2.98. The summed E-state index contributed by atoms with van der Waals surface area (Å²) in [6.45, 7) is 7.40. The van der Waals surface area contributed by atoms with Crippen molar-refractivity contribution >= 4 is 17.3 Å². The number of nitrogens with zero attached hydrogens (tertiary/aromatic N) is 2. The van der Waals surface area contributed by atoms with E-state index in [1.54, 1.807) is 12.3 Å². The number of amides is 1. The number of anilines is 2. The molecule has 0 saturated carbocycles. The van der Waals surface area contributed by atoms with Crippen molar-refractivity contribution in [3.8, 4) is 0 Å². The molecule has 24 heavy (non-hydrogen) atoms. The predicted octanol–water partition coefficient (Wildman–Crippen LogP) is 4.69. The average Bonchev–Trinajstić information content (AvgIpc) is 2.60. The second kappa shape index (κ2) is 8.48. The van der Waals surface area contributed by atoms with Crippen molar-refractivity contribution in [1.82, 2.24) is 4.98 Å². The smallest absolute Gasteiger partial charge is 0.274 e. The highest BCUT2D eigenvalue weighted by atomic mass is 16.1. The quantitative estimate of drug-likeness (QED) is 0.803.